The largest absolute Gasteiger partial charge is 0.357 e. The van der Waals surface area contributed by atoms with Gasteiger partial charge in [0.1, 0.15) is 15.7 Å². The Morgan fingerprint density at radius 2 is 2.11 bits per heavy atom. The number of pyridine rings is 1. The molecule has 1 aliphatic rings. The quantitative estimate of drug-likeness (QED) is 0.825. The fraction of sp³-hybridized carbons (Fsp3) is 0.615. The van der Waals surface area contributed by atoms with Crippen molar-refractivity contribution < 1.29 is 8.42 Å². The summed E-state index contributed by atoms with van der Waals surface area (Å²) in [6.07, 6.45) is 5.49. The molecule has 0 radical (unpaired) electrons. The fourth-order valence-electron chi connectivity index (χ4n) is 2.42. The Kier molecular flexibility index (Phi) is 4.50. The third-order valence-corrected chi connectivity index (χ3v) is 6.15. The molecule has 2 rings (SSSR count). The van der Waals surface area contributed by atoms with Crippen LogP contribution in [0.3, 0.4) is 0 Å². The van der Waals surface area contributed by atoms with Crippen LogP contribution in [0.25, 0.3) is 0 Å². The van der Waals surface area contributed by atoms with Crippen LogP contribution in [0.4, 0.5) is 5.82 Å². The van der Waals surface area contributed by atoms with Gasteiger partial charge >= 0.3 is 0 Å². The van der Waals surface area contributed by atoms with Crippen molar-refractivity contribution in [2.75, 3.05) is 24.2 Å². The van der Waals surface area contributed by atoms with Gasteiger partial charge in [-0.1, -0.05) is 0 Å². The van der Waals surface area contributed by atoms with Crippen LogP contribution in [0.5, 0.6) is 0 Å². The summed E-state index contributed by atoms with van der Waals surface area (Å²) in [5.74, 6) is 0.940. The molecule has 106 valence electrons. The molecule has 0 saturated carbocycles. The lowest BCUT2D eigenvalue weighted by Crippen LogP contribution is -2.27. The first-order valence-electron chi connectivity index (χ1n) is 6.44. The second-order valence-electron chi connectivity index (χ2n) is 5.16. The number of aromatic nitrogens is 1. The molecule has 1 aromatic rings. The summed E-state index contributed by atoms with van der Waals surface area (Å²) in [6.45, 7) is 3.66. The van der Waals surface area contributed by atoms with E-state index < -0.39 is 9.84 Å². The monoisotopic (exact) mass is 346 g/mol. The number of rotatable bonds is 2. The van der Waals surface area contributed by atoms with Crippen molar-refractivity contribution in [1.82, 2.24) is 4.98 Å². The van der Waals surface area contributed by atoms with E-state index in [-0.39, 0.29) is 5.25 Å². The van der Waals surface area contributed by atoms with E-state index in [9.17, 15) is 8.42 Å². The summed E-state index contributed by atoms with van der Waals surface area (Å²) in [6, 6.07) is 2.05. The molecule has 0 amide bonds. The average Bonchev–Trinajstić information content (AvgIpc) is 2.57. The summed E-state index contributed by atoms with van der Waals surface area (Å²) in [7, 11) is -2.92. The standard InChI is InChI=1S/C13H19BrN2O2S/c1-10-8-13(15-9-12(10)14)16-6-3-4-11(5-7-16)19(2,17)18/h8-9,11H,3-7H2,1-2H3/t11-/m0/s1. The van der Waals surface area contributed by atoms with Gasteiger partial charge in [-0.15, -0.1) is 0 Å². The molecule has 1 aromatic heterocycles. The molecule has 0 N–H and O–H groups in total. The van der Waals surface area contributed by atoms with Gasteiger partial charge in [0.25, 0.3) is 0 Å². The van der Waals surface area contributed by atoms with Crippen LogP contribution in [0.15, 0.2) is 16.7 Å². The summed E-state index contributed by atoms with van der Waals surface area (Å²) in [5.41, 5.74) is 1.15. The van der Waals surface area contributed by atoms with Crippen molar-refractivity contribution in [2.45, 2.75) is 31.4 Å². The normalized spacial score (nSPS) is 21.2. The Balaban J connectivity index is 2.13. The first kappa shape index (κ1) is 14.8. The van der Waals surface area contributed by atoms with Crippen LogP contribution in [-0.4, -0.2) is 38.0 Å². The highest BCUT2D eigenvalue weighted by Gasteiger charge is 2.25. The molecule has 1 saturated heterocycles. The lowest BCUT2D eigenvalue weighted by molar-refractivity contribution is 0.573. The second-order valence-corrected chi connectivity index (χ2v) is 8.34. The molecular weight excluding hydrogens is 328 g/mol. The molecule has 2 heterocycles. The van der Waals surface area contributed by atoms with Crippen molar-refractivity contribution in [2.24, 2.45) is 0 Å². The van der Waals surface area contributed by atoms with Crippen molar-refractivity contribution in [1.29, 1.82) is 0 Å². The zero-order valence-corrected chi connectivity index (χ0v) is 13.7. The van der Waals surface area contributed by atoms with Crippen molar-refractivity contribution in [3.8, 4) is 0 Å². The molecule has 1 aliphatic heterocycles. The Labute approximate surface area is 123 Å². The lowest BCUT2D eigenvalue weighted by Gasteiger charge is -2.22. The van der Waals surface area contributed by atoms with Gasteiger partial charge in [0.15, 0.2) is 0 Å². The minimum absolute atomic E-state index is 0.200. The number of halogens is 1. The van der Waals surface area contributed by atoms with E-state index in [4.69, 9.17) is 0 Å². The Bertz CT molecular complexity index is 560. The van der Waals surface area contributed by atoms with Crippen LogP contribution in [0.2, 0.25) is 0 Å². The molecular formula is C13H19BrN2O2S. The molecule has 1 fully saturated rings. The van der Waals surface area contributed by atoms with Gasteiger partial charge in [0, 0.05) is 30.0 Å². The number of hydrogen-bond acceptors (Lipinski definition) is 4. The van der Waals surface area contributed by atoms with Gasteiger partial charge in [-0.2, -0.15) is 0 Å². The molecule has 19 heavy (non-hydrogen) atoms. The van der Waals surface area contributed by atoms with Crippen molar-refractivity contribution in [3.63, 3.8) is 0 Å². The van der Waals surface area contributed by atoms with E-state index in [1.165, 1.54) is 6.26 Å². The van der Waals surface area contributed by atoms with Crippen LogP contribution in [0, 0.1) is 6.92 Å². The average molecular weight is 347 g/mol. The molecule has 1 atom stereocenters. The maximum absolute atomic E-state index is 11.6. The fourth-order valence-corrected chi connectivity index (χ4v) is 3.77. The third kappa shape index (κ3) is 3.69. The number of hydrogen-bond donors (Lipinski definition) is 0. The van der Waals surface area contributed by atoms with E-state index in [0.29, 0.717) is 6.42 Å². The van der Waals surface area contributed by atoms with Crippen LogP contribution < -0.4 is 4.90 Å². The summed E-state index contributed by atoms with van der Waals surface area (Å²) in [5, 5.41) is -0.200. The van der Waals surface area contributed by atoms with E-state index in [1.807, 2.05) is 19.2 Å². The van der Waals surface area contributed by atoms with Crippen LogP contribution in [-0.2, 0) is 9.84 Å². The number of aryl methyl sites for hydroxylation is 1. The first-order valence-corrected chi connectivity index (χ1v) is 9.18. The predicted molar refractivity (Wildman–Crippen MR) is 81.4 cm³/mol. The minimum atomic E-state index is -2.92. The minimum Gasteiger partial charge on any atom is -0.357 e. The van der Waals surface area contributed by atoms with Crippen LogP contribution in [0.1, 0.15) is 24.8 Å². The molecule has 0 spiro atoms. The number of anilines is 1. The Morgan fingerprint density at radius 1 is 1.37 bits per heavy atom. The van der Waals surface area contributed by atoms with Crippen molar-refractivity contribution >= 4 is 31.6 Å². The Hall–Kier alpha value is -0.620. The maximum atomic E-state index is 11.6. The summed E-state index contributed by atoms with van der Waals surface area (Å²) >= 11 is 3.44. The predicted octanol–water partition coefficient (Wildman–Crippen LogP) is 2.56. The summed E-state index contributed by atoms with van der Waals surface area (Å²) < 4.78 is 24.3. The summed E-state index contributed by atoms with van der Waals surface area (Å²) in [4.78, 5) is 6.61. The highest BCUT2D eigenvalue weighted by molar-refractivity contribution is 9.10. The highest BCUT2D eigenvalue weighted by Crippen LogP contribution is 2.24. The third-order valence-electron chi connectivity index (χ3n) is 3.64. The van der Waals surface area contributed by atoms with E-state index in [1.54, 1.807) is 0 Å². The molecule has 0 unspecified atom stereocenters. The molecule has 4 nitrogen and oxygen atoms in total. The second kappa shape index (κ2) is 5.79. The lowest BCUT2D eigenvalue weighted by atomic mass is 10.2. The Morgan fingerprint density at radius 3 is 2.74 bits per heavy atom. The van der Waals surface area contributed by atoms with Gasteiger partial charge < -0.3 is 4.90 Å². The van der Waals surface area contributed by atoms with E-state index >= 15 is 0 Å². The zero-order valence-electron chi connectivity index (χ0n) is 11.3. The van der Waals surface area contributed by atoms with Gasteiger partial charge in [0.2, 0.25) is 0 Å². The van der Waals surface area contributed by atoms with E-state index in [0.717, 1.165) is 41.8 Å². The van der Waals surface area contributed by atoms with Gasteiger partial charge in [0.05, 0.1) is 5.25 Å². The topological polar surface area (TPSA) is 50.3 Å². The molecule has 0 aromatic carbocycles. The van der Waals surface area contributed by atoms with Gasteiger partial charge in [-0.25, -0.2) is 13.4 Å². The first-order chi connectivity index (χ1) is 8.88. The van der Waals surface area contributed by atoms with Crippen LogP contribution >= 0.6 is 15.9 Å². The SMILES string of the molecule is Cc1cc(N2CCC[C@H](S(C)(=O)=O)CC2)ncc1Br. The maximum Gasteiger partial charge on any atom is 0.150 e. The molecule has 0 aliphatic carbocycles. The molecule has 6 heteroatoms. The zero-order chi connectivity index (χ0) is 14.0. The molecule has 0 bridgehead atoms. The smallest absolute Gasteiger partial charge is 0.150 e. The number of nitrogens with zero attached hydrogens (tertiary/aromatic N) is 2. The highest BCUT2D eigenvalue weighted by atomic mass is 79.9. The van der Waals surface area contributed by atoms with Crippen molar-refractivity contribution in [3.05, 3.63) is 22.3 Å². The number of sulfone groups is 1. The van der Waals surface area contributed by atoms with Gasteiger partial charge in [-0.3, -0.25) is 0 Å². The van der Waals surface area contributed by atoms with E-state index in [2.05, 4.69) is 25.8 Å². The van der Waals surface area contributed by atoms with Gasteiger partial charge in [-0.05, 0) is 53.7 Å².